The summed E-state index contributed by atoms with van der Waals surface area (Å²) in [5.41, 5.74) is 3.67. The highest BCUT2D eigenvalue weighted by atomic mass is 16.5. The number of aryl methyl sites for hydroxylation is 1. The number of nitrogens with zero attached hydrogens (tertiary/aromatic N) is 1. The van der Waals surface area contributed by atoms with Gasteiger partial charge in [-0.1, -0.05) is 24.3 Å². The Kier molecular flexibility index (Phi) is 3.38. The zero-order valence-corrected chi connectivity index (χ0v) is 14.4. The number of nitrogens with one attached hydrogen (secondary N) is 2. The van der Waals surface area contributed by atoms with Crippen LogP contribution >= 0.6 is 0 Å². The molecule has 0 saturated carbocycles. The zero-order chi connectivity index (χ0) is 17.0. The lowest BCUT2D eigenvalue weighted by molar-refractivity contribution is 0.0883. The maximum absolute atomic E-state index is 12.5. The van der Waals surface area contributed by atoms with Crippen LogP contribution in [-0.4, -0.2) is 47.8 Å². The van der Waals surface area contributed by atoms with E-state index in [1.165, 1.54) is 16.5 Å². The molecule has 5 heteroatoms. The Hall–Kier alpha value is -2.27. The number of carbonyl (C=O) groups is 1. The van der Waals surface area contributed by atoms with E-state index in [0.29, 0.717) is 18.4 Å². The second-order valence-electron chi connectivity index (χ2n) is 7.53. The van der Waals surface area contributed by atoms with E-state index in [-0.39, 0.29) is 18.2 Å². The molecule has 4 atom stereocenters. The number of H-pyrrole nitrogens is 1. The molecule has 2 saturated heterocycles. The van der Waals surface area contributed by atoms with Crippen molar-refractivity contribution in [2.24, 2.45) is 11.8 Å². The molecule has 4 heterocycles. The first kappa shape index (κ1) is 15.0. The molecule has 0 spiro atoms. The van der Waals surface area contributed by atoms with E-state index >= 15 is 0 Å². The van der Waals surface area contributed by atoms with Crippen molar-refractivity contribution in [1.82, 2.24) is 15.2 Å². The number of carbonyl (C=O) groups excluding carboxylic acids is 1. The van der Waals surface area contributed by atoms with Crippen molar-refractivity contribution in [2.75, 3.05) is 19.6 Å². The number of aromatic amines is 1. The molecule has 0 radical (unpaired) electrons. The van der Waals surface area contributed by atoms with Gasteiger partial charge in [0.2, 0.25) is 0 Å². The maximum Gasteiger partial charge on any atom is 0.317 e. The van der Waals surface area contributed by atoms with Gasteiger partial charge in [-0.3, -0.25) is 0 Å². The molecular formula is C20H23N3O2. The Morgan fingerprint density at radius 3 is 2.80 bits per heavy atom. The summed E-state index contributed by atoms with van der Waals surface area (Å²) in [6.07, 6.45) is 7.66. The van der Waals surface area contributed by atoms with E-state index in [2.05, 4.69) is 53.8 Å². The van der Waals surface area contributed by atoms with Crippen LogP contribution in [0.1, 0.15) is 11.1 Å². The monoisotopic (exact) mass is 337 g/mol. The molecule has 1 aromatic heterocycles. The summed E-state index contributed by atoms with van der Waals surface area (Å²) in [6.45, 7) is 4.38. The summed E-state index contributed by atoms with van der Waals surface area (Å²) in [5.74, 6) is 0.968. The van der Waals surface area contributed by atoms with Gasteiger partial charge in [-0.15, -0.1) is 0 Å². The highest BCUT2D eigenvalue weighted by Crippen LogP contribution is 2.43. The number of ether oxygens (including phenoxy) is 1. The molecule has 25 heavy (non-hydrogen) atoms. The number of rotatable bonds is 3. The molecule has 2 aromatic rings. The minimum Gasteiger partial charge on any atom is -0.366 e. The average Bonchev–Trinajstić information content (AvgIpc) is 3.35. The lowest BCUT2D eigenvalue weighted by Gasteiger charge is -2.19. The fourth-order valence-corrected chi connectivity index (χ4v) is 4.62. The number of benzene rings is 1. The number of amides is 2. The Morgan fingerprint density at radius 2 is 2.04 bits per heavy atom. The van der Waals surface area contributed by atoms with Crippen molar-refractivity contribution in [3.63, 3.8) is 0 Å². The van der Waals surface area contributed by atoms with Crippen molar-refractivity contribution >= 4 is 16.9 Å². The van der Waals surface area contributed by atoms with Crippen LogP contribution in [0, 0.1) is 18.8 Å². The Morgan fingerprint density at radius 1 is 1.28 bits per heavy atom. The third-order valence-electron chi connectivity index (χ3n) is 5.94. The summed E-state index contributed by atoms with van der Waals surface area (Å²) in [5, 5.41) is 4.34. The lowest BCUT2D eigenvalue weighted by atomic mass is 9.86. The first-order valence-corrected chi connectivity index (χ1v) is 9.12. The summed E-state index contributed by atoms with van der Waals surface area (Å²) in [7, 11) is 0. The molecule has 2 bridgehead atoms. The zero-order valence-electron chi connectivity index (χ0n) is 14.4. The van der Waals surface area contributed by atoms with Gasteiger partial charge in [-0.05, 0) is 30.5 Å². The summed E-state index contributed by atoms with van der Waals surface area (Å²) >= 11 is 0. The predicted octanol–water partition coefficient (Wildman–Crippen LogP) is 2.61. The summed E-state index contributed by atoms with van der Waals surface area (Å²) in [6, 6.07) is 6.50. The molecule has 2 amide bonds. The standard InChI is InChI=1S/C20H23N3O2/c1-12-2-3-14-13(9-22-17(14)8-12)6-7-21-20(24)23-10-15-16(11-23)19-5-4-18(15)25-19/h2-5,8-9,15-16,18-19,22H,6-7,10-11H2,1H3,(H,21,24)/t15-,16-,18-,19-/m1/s1. The van der Waals surface area contributed by atoms with Crippen molar-refractivity contribution in [3.8, 4) is 0 Å². The number of hydrogen-bond donors (Lipinski definition) is 2. The van der Waals surface area contributed by atoms with Gasteiger partial charge in [0.25, 0.3) is 0 Å². The topological polar surface area (TPSA) is 57.4 Å². The molecule has 3 aliphatic heterocycles. The molecule has 5 rings (SSSR count). The predicted molar refractivity (Wildman–Crippen MR) is 96.5 cm³/mol. The van der Waals surface area contributed by atoms with Gasteiger partial charge in [-0.25, -0.2) is 4.79 Å². The molecule has 0 unspecified atom stereocenters. The second kappa shape index (κ2) is 5.63. The van der Waals surface area contributed by atoms with Crippen LogP contribution in [0.4, 0.5) is 4.79 Å². The van der Waals surface area contributed by atoms with Crippen LogP contribution in [0.2, 0.25) is 0 Å². The van der Waals surface area contributed by atoms with Crippen LogP contribution in [0.25, 0.3) is 10.9 Å². The number of aromatic nitrogens is 1. The molecule has 2 N–H and O–H groups in total. The molecule has 2 fully saturated rings. The fourth-order valence-electron chi connectivity index (χ4n) is 4.62. The van der Waals surface area contributed by atoms with E-state index in [1.54, 1.807) is 0 Å². The first-order valence-electron chi connectivity index (χ1n) is 9.12. The normalized spacial score (nSPS) is 29.6. The molecular weight excluding hydrogens is 314 g/mol. The van der Waals surface area contributed by atoms with Gasteiger partial charge >= 0.3 is 6.03 Å². The Bertz CT molecular complexity index is 836. The van der Waals surface area contributed by atoms with Gasteiger partial charge in [0, 0.05) is 48.6 Å². The third-order valence-corrected chi connectivity index (χ3v) is 5.94. The fraction of sp³-hybridized carbons (Fsp3) is 0.450. The average molecular weight is 337 g/mol. The van der Waals surface area contributed by atoms with Gasteiger partial charge < -0.3 is 19.9 Å². The van der Waals surface area contributed by atoms with Crippen LogP contribution in [-0.2, 0) is 11.2 Å². The van der Waals surface area contributed by atoms with Gasteiger partial charge in [-0.2, -0.15) is 0 Å². The largest absolute Gasteiger partial charge is 0.366 e. The number of likely N-dealkylation sites (tertiary alicyclic amines) is 1. The van der Waals surface area contributed by atoms with Gasteiger partial charge in [0.15, 0.2) is 0 Å². The Labute approximate surface area is 147 Å². The number of urea groups is 1. The van der Waals surface area contributed by atoms with Crippen molar-refractivity contribution in [3.05, 3.63) is 47.7 Å². The van der Waals surface area contributed by atoms with Crippen LogP contribution in [0.15, 0.2) is 36.5 Å². The third kappa shape index (κ3) is 2.45. The first-order chi connectivity index (χ1) is 12.2. The molecule has 1 aromatic carbocycles. The van der Waals surface area contributed by atoms with Crippen LogP contribution in [0.3, 0.4) is 0 Å². The Balaban J connectivity index is 1.17. The van der Waals surface area contributed by atoms with Crippen LogP contribution < -0.4 is 5.32 Å². The SMILES string of the molecule is Cc1ccc2c(CCNC(=O)N3C[C@@H]4[C@@H](C3)[C@H]3C=C[C@H]4O3)c[nH]c2c1. The highest BCUT2D eigenvalue weighted by molar-refractivity contribution is 5.84. The minimum atomic E-state index is 0.0597. The molecule has 5 nitrogen and oxygen atoms in total. The number of hydrogen-bond acceptors (Lipinski definition) is 2. The van der Waals surface area contributed by atoms with E-state index in [9.17, 15) is 4.79 Å². The van der Waals surface area contributed by atoms with E-state index < -0.39 is 0 Å². The lowest BCUT2D eigenvalue weighted by Crippen LogP contribution is -2.40. The smallest absolute Gasteiger partial charge is 0.317 e. The second-order valence-corrected chi connectivity index (χ2v) is 7.53. The van der Waals surface area contributed by atoms with E-state index in [1.807, 2.05) is 4.90 Å². The minimum absolute atomic E-state index is 0.0597. The van der Waals surface area contributed by atoms with E-state index in [4.69, 9.17) is 4.74 Å². The van der Waals surface area contributed by atoms with Gasteiger partial charge in [0.1, 0.15) is 0 Å². The quantitative estimate of drug-likeness (QED) is 0.846. The van der Waals surface area contributed by atoms with E-state index in [0.717, 1.165) is 25.0 Å². The number of fused-ring (bicyclic) bond motifs is 6. The molecule has 130 valence electrons. The van der Waals surface area contributed by atoms with Crippen LogP contribution in [0.5, 0.6) is 0 Å². The maximum atomic E-state index is 12.5. The highest BCUT2D eigenvalue weighted by Gasteiger charge is 2.51. The molecule has 0 aliphatic carbocycles. The van der Waals surface area contributed by atoms with Crippen molar-refractivity contribution in [1.29, 1.82) is 0 Å². The summed E-state index contributed by atoms with van der Waals surface area (Å²) < 4.78 is 5.87. The van der Waals surface area contributed by atoms with Crippen molar-refractivity contribution in [2.45, 2.75) is 25.6 Å². The summed E-state index contributed by atoms with van der Waals surface area (Å²) in [4.78, 5) is 17.8. The van der Waals surface area contributed by atoms with Gasteiger partial charge in [0.05, 0.1) is 12.2 Å². The van der Waals surface area contributed by atoms with Crippen molar-refractivity contribution < 1.29 is 9.53 Å². The molecule has 3 aliphatic rings.